The van der Waals surface area contributed by atoms with Gasteiger partial charge in [0.1, 0.15) is 28.1 Å². The number of rotatable bonds is 10. The maximum Gasteiger partial charge on any atom is 0.265 e. The van der Waals surface area contributed by atoms with Gasteiger partial charge in [-0.1, -0.05) is 24.3 Å². The molecular formula is C40H41N7O4S. The third kappa shape index (κ3) is 7.21. The first-order valence-electron chi connectivity index (χ1n) is 17.4. The quantitative estimate of drug-likeness (QED) is 0.133. The molecule has 5 aromatic rings. The summed E-state index contributed by atoms with van der Waals surface area (Å²) in [5, 5.41) is 13.6. The summed E-state index contributed by atoms with van der Waals surface area (Å²) < 4.78 is 13.4. The lowest BCUT2D eigenvalue weighted by Crippen LogP contribution is -2.45. The second kappa shape index (κ2) is 15.5. The lowest BCUT2D eigenvalue weighted by Gasteiger charge is -2.35. The highest BCUT2D eigenvalue weighted by molar-refractivity contribution is 7.10. The van der Waals surface area contributed by atoms with Crippen LogP contribution in [-0.4, -0.2) is 82.1 Å². The number of hydrogen-bond acceptors (Lipinski definition) is 10. The largest absolute Gasteiger partial charge is 0.496 e. The summed E-state index contributed by atoms with van der Waals surface area (Å²) in [4.78, 5) is 41.2. The van der Waals surface area contributed by atoms with Gasteiger partial charge in [0.15, 0.2) is 0 Å². The number of carbonyl (C=O) groups is 1. The molecule has 0 saturated carbocycles. The van der Waals surface area contributed by atoms with Crippen molar-refractivity contribution in [2.24, 2.45) is 7.05 Å². The highest BCUT2D eigenvalue weighted by Crippen LogP contribution is 2.38. The first kappa shape index (κ1) is 35.1. The summed E-state index contributed by atoms with van der Waals surface area (Å²) in [7, 11) is 5.11. The van der Waals surface area contributed by atoms with E-state index in [1.165, 1.54) is 16.9 Å². The minimum atomic E-state index is -0.232. The SMILES string of the molecule is COc1cc(-c2cn(C)c(=O)c3cnccc23)cc(OC)c1CN1CCN(Cc2ccc(C3CCCN3C(=O)/C(C#N)=C/c3nccs3)cc2)CC1. The van der Waals surface area contributed by atoms with Crippen molar-refractivity contribution in [2.75, 3.05) is 46.9 Å². The monoisotopic (exact) mass is 715 g/mol. The molecule has 52 heavy (non-hydrogen) atoms. The predicted octanol–water partition coefficient (Wildman–Crippen LogP) is 5.66. The lowest BCUT2D eigenvalue weighted by molar-refractivity contribution is -0.127. The van der Waals surface area contributed by atoms with Gasteiger partial charge >= 0.3 is 0 Å². The minimum absolute atomic E-state index is 0.0424. The second-order valence-electron chi connectivity index (χ2n) is 13.2. The molecular weight excluding hydrogens is 675 g/mol. The van der Waals surface area contributed by atoms with Crippen molar-refractivity contribution in [3.05, 3.63) is 110 Å². The Morgan fingerprint density at radius 3 is 2.35 bits per heavy atom. The van der Waals surface area contributed by atoms with E-state index >= 15 is 0 Å². The summed E-state index contributed by atoms with van der Waals surface area (Å²) in [6, 6.07) is 16.6. The van der Waals surface area contributed by atoms with Crippen molar-refractivity contribution >= 4 is 34.1 Å². The van der Waals surface area contributed by atoms with Gasteiger partial charge in [0, 0.05) is 88.6 Å². The summed E-state index contributed by atoms with van der Waals surface area (Å²) in [5.74, 6) is 1.26. The molecule has 1 amide bonds. The van der Waals surface area contributed by atoms with Crippen LogP contribution in [0.1, 0.15) is 40.6 Å². The van der Waals surface area contributed by atoms with Crippen LogP contribution >= 0.6 is 11.3 Å². The second-order valence-corrected chi connectivity index (χ2v) is 14.2. The van der Waals surface area contributed by atoms with E-state index in [0.29, 0.717) is 23.5 Å². The first-order chi connectivity index (χ1) is 25.4. The number of methoxy groups -OCH3 is 2. The van der Waals surface area contributed by atoms with Gasteiger partial charge in [0.2, 0.25) is 0 Å². The number of piperazine rings is 1. The molecule has 2 saturated heterocycles. The number of hydrogen-bond donors (Lipinski definition) is 0. The molecule has 1 unspecified atom stereocenters. The van der Waals surface area contributed by atoms with Gasteiger partial charge in [-0.15, -0.1) is 11.3 Å². The number of nitriles is 1. The lowest BCUT2D eigenvalue weighted by atomic mass is 9.98. The number of thiazole rings is 1. The smallest absolute Gasteiger partial charge is 0.265 e. The molecule has 1 atom stereocenters. The van der Waals surface area contributed by atoms with Gasteiger partial charge < -0.3 is 18.9 Å². The molecule has 2 aliphatic heterocycles. The van der Waals surface area contributed by atoms with Crippen molar-refractivity contribution in [3.8, 4) is 28.7 Å². The minimum Gasteiger partial charge on any atom is -0.496 e. The molecule has 2 fully saturated rings. The van der Waals surface area contributed by atoms with E-state index in [1.54, 1.807) is 50.5 Å². The van der Waals surface area contributed by atoms with Crippen molar-refractivity contribution in [1.82, 2.24) is 29.2 Å². The normalized spacial score (nSPS) is 17.0. The summed E-state index contributed by atoms with van der Waals surface area (Å²) in [5.41, 5.74) is 5.17. The van der Waals surface area contributed by atoms with Crippen LogP contribution in [0.3, 0.4) is 0 Å². The molecule has 12 heteroatoms. The van der Waals surface area contributed by atoms with Crippen LogP contribution in [0.25, 0.3) is 28.0 Å². The third-order valence-corrected chi connectivity index (χ3v) is 10.8. The van der Waals surface area contributed by atoms with E-state index in [9.17, 15) is 14.9 Å². The summed E-state index contributed by atoms with van der Waals surface area (Å²) >= 11 is 1.41. The van der Waals surface area contributed by atoms with Gasteiger partial charge in [0.05, 0.1) is 31.2 Å². The fourth-order valence-corrected chi connectivity index (χ4v) is 7.92. The number of carbonyl (C=O) groups excluding carboxylic acids is 1. The van der Waals surface area contributed by atoms with E-state index in [0.717, 1.165) is 84.7 Å². The molecule has 2 aliphatic rings. The third-order valence-electron chi connectivity index (χ3n) is 10.1. The number of nitrogens with zero attached hydrogens (tertiary/aromatic N) is 7. The number of fused-ring (bicyclic) bond motifs is 1. The van der Waals surface area contributed by atoms with Gasteiger partial charge in [0.25, 0.3) is 11.5 Å². The fourth-order valence-electron chi connectivity index (χ4n) is 7.35. The molecule has 5 heterocycles. The maximum absolute atomic E-state index is 13.3. The molecule has 7 rings (SSSR count). The molecule has 0 bridgehead atoms. The van der Waals surface area contributed by atoms with E-state index < -0.39 is 0 Å². The van der Waals surface area contributed by atoms with E-state index in [-0.39, 0.29) is 23.1 Å². The van der Waals surface area contributed by atoms with Crippen LogP contribution in [0.5, 0.6) is 11.5 Å². The van der Waals surface area contributed by atoms with Gasteiger partial charge in [-0.05, 0) is 59.2 Å². The molecule has 266 valence electrons. The molecule has 0 spiro atoms. The molecule has 2 aromatic carbocycles. The Hall–Kier alpha value is -5.35. The maximum atomic E-state index is 13.3. The summed E-state index contributed by atoms with van der Waals surface area (Å²) in [6.45, 7) is 5.83. The van der Waals surface area contributed by atoms with Crippen molar-refractivity contribution in [1.29, 1.82) is 5.26 Å². The zero-order valence-corrected chi connectivity index (χ0v) is 30.4. The zero-order chi connectivity index (χ0) is 36.2. The predicted molar refractivity (Wildman–Crippen MR) is 202 cm³/mol. The number of ether oxygens (including phenoxy) is 2. The highest BCUT2D eigenvalue weighted by atomic mass is 32.1. The van der Waals surface area contributed by atoms with Crippen molar-refractivity contribution in [3.63, 3.8) is 0 Å². The summed E-state index contributed by atoms with van der Waals surface area (Å²) in [6.07, 6.45) is 10.2. The van der Waals surface area contributed by atoms with Crippen LogP contribution in [0.2, 0.25) is 0 Å². The van der Waals surface area contributed by atoms with Crippen LogP contribution in [0, 0.1) is 11.3 Å². The first-order valence-corrected chi connectivity index (χ1v) is 18.3. The Bertz CT molecular complexity index is 2180. The van der Waals surface area contributed by atoms with Crippen LogP contribution in [0.15, 0.2) is 83.0 Å². The Morgan fingerprint density at radius 1 is 0.981 bits per heavy atom. The van der Waals surface area contributed by atoms with Crippen LogP contribution in [-0.2, 0) is 24.9 Å². The number of likely N-dealkylation sites (tertiary alicyclic amines) is 1. The Morgan fingerprint density at radius 2 is 1.69 bits per heavy atom. The number of pyridine rings is 2. The number of aryl methyl sites for hydroxylation is 1. The average Bonchev–Trinajstić information content (AvgIpc) is 3.89. The number of aromatic nitrogens is 3. The Kier molecular flexibility index (Phi) is 10.4. The Balaban J connectivity index is 0.988. The standard InChI is InChI=1S/C40H41N7O4S/c1-44-25-33(31-10-11-42-23-32(31)40(44)49)29-19-36(50-2)34(37(20-29)51-3)26-46-16-14-45(15-17-46)24-27-6-8-28(9-7-27)35-5-4-13-47(35)39(48)30(22-41)21-38-43-12-18-52-38/h6-12,18-21,23,25,35H,4-5,13-17,24,26H2,1-3H3/b30-21+. The van der Waals surface area contributed by atoms with E-state index in [4.69, 9.17) is 9.47 Å². The van der Waals surface area contributed by atoms with E-state index in [1.807, 2.05) is 34.7 Å². The molecule has 3 aromatic heterocycles. The Labute approximate surface area is 307 Å². The van der Waals surface area contributed by atoms with Crippen molar-refractivity contribution in [2.45, 2.75) is 32.0 Å². The fraction of sp³-hybridized carbons (Fsp3) is 0.325. The van der Waals surface area contributed by atoms with Gasteiger partial charge in [-0.25, -0.2) is 4.98 Å². The number of benzene rings is 2. The van der Waals surface area contributed by atoms with Gasteiger partial charge in [-0.2, -0.15) is 5.26 Å². The molecule has 0 radical (unpaired) electrons. The van der Waals surface area contributed by atoms with Crippen LogP contribution < -0.4 is 15.0 Å². The topological polar surface area (TPSA) is 117 Å². The van der Waals surface area contributed by atoms with Crippen LogP contribution in [0.4, 0.5) is 0 Å². The molecule has 11 nitrogen and oxygen atoms in total. The van der Waals surface area contributed by atoms with Crippen molar-refractivity contribution < 1.29 is 14.3 Å². The molecule has 0 N–H and O–H groups in total. The van der Waals surface area contributed by atoms with Gasteiger partial charge in [-0.3, -0.25) is 24.4 Å². The molecule has 0 aliphatic carbocycles. The van der Waals surface area contributed by atoms with E-state index in [2.05, 4.69) is 50.1 Å². The number of amides is 1. The highest BCUT2D eigenvalue weighted by Gasteiger charge is 2.32. The zero-order valence-electron chi connectivity index (χ0n) is 29.6. The average molecular weight is 716 g/mol.